The van der Waals surface area contributed by atoms with E-state index in [0.717, 1.165) is 12.8 Å². The molecule has 1 amide bonds. The summed E-state index contributed by atoms with van der Waals surface area (Å²) in [5.74, 6) is 0.357. The number of hydrogen-bond donors (Lipinski definition) is 1. The first kappa shape index (κ1) is 17.2. The van der Waals surface area contributed by atoms with Crippen LogP contribution in [0.1, 0.15) is 23.2 Å². The molecule has 5 nitrogen and oxygen atoms in total. The van der Waals surface area contributed by atoms with E-state index in [-0.39, 0.29) is 11.1 Å². The maximum Gasteiger partial charge on any atom is 0.411 e. The molecule has 0 fully saturated rings. The fraction of sp³-hybridized carbons (Fsp3) is 0.333. The number of carbonyl (C=O) groups is 2. The van der Waals surface area contributed by atoms with Crippen molar-refractivity contribution < 1.29 is 19.1 Å². The molecule has 0 saturated carbocycles. The molecule has 0 spiro atoms. The molecule has 0 radical (unpaired) electrons. The lowest BCUT2D eigenvalue weighted by Crippen LogP contribution is -2.12. The van der Waals surface area contributed by atoms with Gasteiger partial charge >= 0.3 is 6.09 Å². The van der Waals surface area contributed by atoms with Crippen LogP contribution in [0.15, 0.2) is 30.9 Å². The monoisotopic (exact) mass is 355 g/mol. The molecule has 0 aliphatic heterocycles. The highest BCUT2D eigenvalue weighted by molar-refractivity contribution is 9.09. The number of halogens is 1. The first-order chi connectivity index (χ1) is 10.1. The van der Waals surface area contributed by atoms with Crippen molar-refractivity contribution in [2.24, 2.45) is 0 Å². The quantitative estimate of drug-likeness (QED) is 0.333. The van der Waals surface area contributed by atoms with Crippen molar-refractivity contribution in [2.75, 3.05) is 24.4 Å². The van der Waals surface area contributed by atoms with Gasteiger partial charge in [0.2, 0.25) is 0 Å². The van der Waals surface area contributed by atoms with Gasteiger partial charge in [0, 0.05) is 11.8 Å². The summed E-state index contributed by atoms with van der Waals surface area (Å²) in [4.78, 5) is 23.1. The van der Waals surface area contributed by atoms with Crippen LogP contribution in [0.5, 0.6) is 5.75 Å². The highest BCUT2D eigenvalue weighted by atomic mass is 79.9. The molecule has 0 saturated heterocycles. The number of allylic oxidation sites excluding steroid dienone is 1. The van der Waals surface area contributed by atoms with Crippen LogP contribution in [0, 0.1) is 0 Å². The average molecular weight is 356 g/mol. The third kappa shape index (κ3) is 5.59. The summed E-state index contributed by atoms with van der Waals surface area (Å²) in [6.45, 7) is 4.11. The molecule has 0 heterocycles. The SMILES string of the molecule is C=CCCCOc1cc(NC(=O)OC)ccc1C(=O)CBr. The second kappa shape index (κ2) is 9.18. The number of methoxy groups -OCH3 is 1. The Balaban J connectivity index is 2.90. The van der Waals surface area contributed by atoms with Crippen LogP contribution < -0.4 is 10.1 Å². The van der Waals surface area contributed by atoms with Crippen LogP contribution in [0.3, 0.4) is 0 Å². The lowest BCUT2D eigenvalue weighted by atomic mass is 10.1. The van der Waals surface area contributed by atoms with Gasteiger partial charge in [-0.05, 0) is 25.0 Å². The molecule has 21 heavy (non-hydrogen) atoms. The Hall–Kier alpha value is -1.82. The Morgan fingerprint density at radius 2 is 2.19 bits per heavy atom. The number of ketones is 1. The van der Waals surface area contributed by atoms with Gasteiger partial charge < -0.3 is 9.47 Å². The Kier molecular flexibility index (Phi) is 7.53. The van der Waals surface area contributed by atoms with Gasteiger partial charge in [-0.25, -0.2) is 4.79 Å². The molecule has 1 rings (SSSR count). The smallest absolute Gasteiger partial charge is 0.411 e. The number of nitrogens with one attached hydrogen (secondary N) is 1. The van der Waals surface area contributed by atoms with Crippen molar-refractivity contribution >= 4 is 33.5 Å². The second-order valence-electron chi connectivity index (χ2n) is 4.16. The van der Waals surface area contributed by atoms with Crippen molar-refractivity contribution in [3.63, 3.8) is 0 Å². The van der Waals surface area contributed by atoms with Crippen LogP contribution in [0.25, 0.3) is 0 Å². The van der Waals surface area contributed by atoms with Gasteiger partial charge in [-0.1, -0.05) is 22.0 Å². The third-order valence-corrected chi connectivity index (χ3v) is 3.15. The minimum Gasteiger partial charge on any atom is -0.493 e. The Bertz CT molecular complexity index is 516. The molecule has 114 valence electrons. The number of alkyl halides is 1. The summed E-state index contributed by atoms with van der Waals surface area (Å²) in [5.41, 5.74) is 0.979. The number of unbranched alkanes of at least 4 members (excludes halogenated alkanes) is 1. The van der Waals surface area contributed by atoms with Crippen LogP contribution in [0.4, 0.5) is 10.5 Å². The summed E-state index contributed by atoms with van der Waals surface area (Å²) in [7, 11) is 1.28. The number of rotatable bonds is 8. The predicted molar refractivity (Wildman–Crippen MR) is 85.5 cm³/mol. The van der Waals surface area contributed by atoms with Crippen molar-refractivity contribution in [3.8, 4) is 5.75 Å². The van der Waals surface area contributed by atoms with E-state index in [1.165, 1.54) is 7.11 Å². The maximum absolute atomic E-state index is 11.9. The number of amides is 1. The van der Waals surface area contributed by atoms with Gasteiger partial charge in [0.25, 0.3) is 0 Å². The Morgan fingerprint density at radius 1 is 1.43 bits per heavy atom. The van der Waals surface area contributed by atoms with Gasteiger partial charge in [-0.3, -0.25) is 10.1 Å². The van der Waals surface area contributed by atoms with Crippen molar-refractivity contribution in [1.29, 1.82) is 0 Å². The molecule has 1 N–H and O–H groups in total. The standard InChI is InChI=1S/C15H18BrNO4/c1-3-4-5-8-21-14-9-11(17-15(19)20-2)6-7-12(14)13(18)10-16/h3,6-7,9H,1,4-5,8,10H2,2H3,(H,17,19). The number of anilines is 1. The summed E-state index contributed by atoms with van der Waals surface area (Å²) >= 11 is 3.14. The zero-order valence-electron chi connectivity index (χ0n) is 11.9. The molecule has 6 heteroatoms. The van der Waals surface area contributed by atoms with Crippen molar-refractivity contribution in [1.82, 2.24) is 0 Å². The fourth-order valence-corrected chi connectivity index (χ4v) is 1.90. The first-order valence-corrected chi connectivity index (χ1v) is 7.56. The third-order valence-electron chi connectivity index (χ3n) is 2.65. The molecule has 1 aromatic rings. The largest absolute Gasteiger partial charge is 0.493 e. The lowest BCUT2D eigenvalue weighted by molar-refractivity contribution is 0.102. The number of carbonyl (C=O) groups excluding carboxylic acids is 2. The van der Waals surface area contributed by atoms with Crippen molar-refractivity contribution in [2.45, 2.75) is 12.8 Å². The lowest BCUT2D eigenvalue weighted by Gasteiger charge is -2.12. The van der Waals surface area contributed by atoms with E-state index in [2.05, 4.69) is 32.6 Å². The molecule has 1 aromatic carbocycles. The average Bonchev–Trinajstić information content (AvgIpc) is 2.51. The van der Waals surface area contributed by atoms with Crippen LogP contribution in [-0.2, 0) is 4.74 Å². The van der Waals surface area contributed by atoms with E-state index in [9.17, 15) is 9.59 Å². The predicted octanol–water partition coefficient (Wildman–Crippen LogP) is 3.79. The molecule has 0 bridgehead atoms. The minimum atomic E-state index is -0.577. The molecule has 0 atom stereocenters. The number of hydrogen-bond acceptors (Lipinski definition) is 4. The topological polar surface area (TPSA) is 64.6 Å². The van der Waals surface area contributed by atoms with E-state index in [0.29, 0.717) is 23.6 Å². The number of Topliss-reactive ketones (excluding diaryl/α,β-unsaturated/α-hetero) is 1. The fourth-order valence-electron chi connectivity index (χ4n) is 1.60. The zero-order chi connectivity index (χ0) is 15.7. The molecular formula is C15H18BrNO4. The highest BCUT2D eigenvalue weighted by Crippen LogP contribution is 2.25. The van der Waals surface area contributed by atoms with Gasteiger partial charge in [-0.15, -0.1) is 6.58 Å². The first-order valence-electron chi connectivity index (χ1n) is 6.44. The van der Waals surface area contributed by atoms with E-state index in [1.54, 1.807) is 18.2 Å². The van der Waals surface area contributed by atoms with Crippen LogP contribution in [0.2, 0.25) is 0 Å². The Morgan fingerprint density at radius 3 is 2.81 bits per heavy atom. The van der Waals surface area contributed by atoms with Gasteiger partial charge in [-0.2, -0.15) is 0 Å². The van der Waals surface area contributed by atoms with E-state index in [1.807, 2.05) is 6.08 Å². The van der Waals surface area contributed by atoms with Gasteiger partial charge in [0.15, 0.2) is 5.78 Å². The van der Waals surface area contributed by atoms with Crippen molar-refractivity contribution in [3.05, 3.63) is 36.4 Å². The summed E-state index contributed by atoms with van der Waals surface area (Å²) in [5, 5.41) is 2.75. The molecule has 0 unspecified atom stereocenters. The van der Waals surface area contributed by atoms with Crippen LogP contribution >= 0.6 is 15.9 Å². The highest BCUT2D eigenvalue weighted by Gasteiger charge is 2.13. The number of benzene rings is 1. The minimum absolute atomic E-state index is 0.0849. The Labute approximate surface area is 132 Å². The van der Waals surface area contributed by atoms with E-state index >= 15 is 0 Å². The summed E-state index contributed by atoms with van der Waals surface area (Å²) in [6.07, 6.45) is 2.87. The molecule has 0 aliphatic carbocycles. The molecular weight excluding hydrogens is 338 g/mol. The number of ether oxygens (including phenoxy) is 2. The van der Waals surface area contributed by atoms with Gasteiger partial charge in [0.1, 0.15) is 5.75 Å². The zero-order valence-corrected chi connectivity index (χ0v) is 13.4. The summed E-state index contributed by atoms with van der Waals surface area (Å²) < 4.78 is 10.2. The molecule has 0 aliphatic rings. The molecule has 0 aromatic heterocycles. The van der Waals surface area contributed by atoms with E-state index < -0.39 is 6.09 Å². The normalized spacial score (nSPS) is 9.81. The summed E-state index contributed by atoms with van der Waals surface area (Å²) in [6, 6.07) is 4.86. The van der Waals surface area contributed by atoms with Crippen LogP contribution in [-0.4, -0.2) is 30.9 Å². The van der Waals surface area contributed by atoms with E-state index in [4.69, 9.17) is 4.74 Å². The van der Waals surface area contributed by atoms with Gasteiger partial charge in [0.05, 0.1) is 24.6 Å². The second-order valence-corrected chi connectivity index (χ2v) is 4.72. The maximum atomic E-state index is 11.9.